The Bertz CT molecular complexity index is 743. The third-order valence-electron chi connectivity index (χ3n) is 3.55. The molecule has 0 saturated heterocycles. The van der Waals surface area contributed by atoms with Crippen LogP contribution < -0.4 is 0 Å². The second-order valence-corrected chi connectivity index (χ2v) is 7.55. The van der Waals surface area contributed by atoms with E-state index in [1.807, 2.05) is 24.3 Å². The van der Waals surface area contributed by atoms with Crippen LogP contribution in [0.5, 0.6) is 0 Å². The van der Waals surface area contributed by atoms with Crippen molar-refractivity contribution in [3.05, 3.63) is 64.1 Å². The molecule has 0 aromatic heterocycles. The van der Waals surface area contributed by atoms with Crippen molar-refractivity contribution in [1.82, 2.24) is 4.31 Å². The monoisotopic (exact) mass is 351 g/mol. The number of sulfonamides is 1. The summed E-state index contributed by atoms with van der Waals surface area (Å²) in [6, 6.07) is 15.0. The lowest BCUT2D eigenvalue weighted by Crippen LogP contribution is -2.36. The molecule has 1 heterocycles. The highest BCUT2D eigenvalue weighted by atomic mass is 79.9. The summed E-state index contributed by atoms with van der Waals surface area (Å²) >= 11 is 3.32. The summed E-state index contributed by atoms with van der Waals surface area (Å²) < 4.78 is 27.6. The third kappa shape index (κ3) is 2.41. The first kappa shape index (κ1) is 13.8. The maximum atomic E-state index is 12.7. The minimum Gasteiger partial charge on any atom is -0.207 e. The fraction of sp³-hybridized carbons (Fsp3) is 0.200. The smallest absolute Gasteiger partial charge is 0.207 e. The molecule has 0 spiro atoms. The maximum Gasteiger partial charge on any atom is 0.244 e. The first-order valence-electron chi connectivity index (χ1n) is 6.40. The summed E-state index contributed by atoms with van der Waals surface area (Å²) in [6.07, 6.45) is 0.764. The highest BCUT2D eigenvalue weighted by Crippen LogP contribution is 2.28. The first-order chi connectivity index (χ1) is 9.59. The average Bonchev–Trinajstić information content (AvgIpc) is 2.47. The van der Waals surface area contributed by atoms with Crippen LogP contribution in [0.15, 0.2) is 57.9 Å². The summed E-state index contributed by atoms with van der Waals surface area (Å²) in [5.74, 6) is 0. The molecule has 3 rings (SSSR count). The van der Waals surface area contributed by atoms with Gasteiger partial charge in [-0.3, -0.25) is 0 Å². The van der Waals surface area contributed by atoms with Crippen molar-refractivity contribution in [3.63, 3.8) is 0 Å². The Labute approximate surface area is 127 Å². The Morgan fingerprint density at radius 1 is 0.950 bits per heavy atom. The molecule has 20 heavy (non-hydrogen) atoms. The number of fused-ring (bicyclic) bond motifs is 1. The van der Waals surface area contributed by atoms with Crippen LogP contribution in [0.3, 0.4) is 0 Å². The van der Waals surface area contributed by atoms with Gasteiger partial charge in [-0.25, -0.2) is 8.42 Å². The van der Waals surface area contributed by atoms with Crippen molar-refractivity contribution in [3.8, 4) is 0 Å². The molecule has 1 aliphatic heterocycles. The molecule has 0 saturated carbocycles. The van der Waals surface area contributed by atoms with Crippen LogP contribution in [-0.4, -0.2) is 19.3 Å². The molecule has 1 aliphatic rings. The van der Waals surface area contributed by atoms with Crippen LogP contribution in [0.25, 0.3) is 0 Å². The first-order valence-corrected chi connectivity index (χ1v) is 8.64. The molecule has 0 atom stereocenters. The molecule has 0 aliphatic carbocycles. The van der Waals surface area contributed by atoms with Crippen LogP contribution in [0.1, 0.15) is 11.1 Å². The van der Waals surface area contributed by atoms with E-state index >= 15 is 0 Å². The average molecular weight is 352 g/mol. The van der Waals surface area contributed by atoms with E-state index in [1.54, 1.807) is 22.5 Å². The van der Waals surface area contributed by atoms with E-state index < -0.39 is 10.0 Å². The van der Waals surface area contributed by atoms with Crippen molar-refractivity contribution in [1.29, 1.82) is 0 Å². The number of rotatable bonds is 2. The summed E-state index contributed by atoms with van der Waals surface area (Å²) in [4.78, 5) is 0.333. The summed E-state index contributed by atoms with van der Waals surface area (Å²) in [7, 11) is -3.45. The van der Waals surface area contributed by atoms with Gasteiger partial charge >= 0.3 is 0 Å². The van der Waals surface area contributed by atoms with Gasteiger partial charge in [0.2, 0.25) is 10.0 Å². The standard InChI is InChI=1S/C15H14BrNO2S/c16-14-7-3-4-8-15(14)20(18,19)17-10-9-12-5-1-2-6-13(12)11-17/h1-8H,9-11H2. The van der Waals surface area contributed by atoms with Gasteiger partial charge in [0.05, 0.1) is 4.90 Å². The zero-order valence-electron chi connectivity index (χ0n) is 10.8. The lowest BCUT2D eigenvalue weighted by Gasteiger charge is -2.28. The van der Waals surface area contributed by atoms with Crippen LogP contribution >= 0.6 is 15.9 Å². The molecule has 2 aromatic carbocycles. The second-order valence-electron chi connectivity index (χ2n) is 4.79. The third-order valence-corrected chi connectivity index (χ3v) is 6.41. The van der Waals surface area contributed by atoms with Gasteiger partial charge in [-0.15, -0.1) is 0 Å². The molecule has 0 bridgehead atoms. The van der Waals surface area contributed by atoms with Crippen molar-refractivity contribution >= 4 is 26.0 Å². The van der Waals surface area contributed by atoms with Gasteiger partial charge in [-0.05, 0) is 45.6 Å². The van der Waals surface area contributed by atoms with Crippen molar-refractivity contribution < 1.29 is 8.42 Å². The molecule has 0 unspecified atom stereocenters. The van der Waals surface area contributed by atoms with Gasteiger partial charge in [0, 0.05) is 17.6 Å². The predicted molar refractivity (Wildman–Crippen MR) is 81.9 cm³/mol. The highest BCUT2D eigenvalue weighted by molar-refractivity contribution is 9.10. The normalized spacial score (nSPS) is 15.8. The molecule has 104 valence electrons. The van der Waals surface area contributed by atoms with Gasteiger partial charge in [-0.1, -0.05) is 36.4 Å². The lowest BCUT2D eigenvalue weighted by atomic mass is 10.0. The highest BCUT2D eigenvalue weighted by Gasteiger charge is 2.29. The van der Waals surface area contributed by atoms with E-state index in [-0.39, 0.29) is 0 Å². The maximum absolute atomic E-state index is 12.7. The fourth-order valence-electron chi connectivity index (χ4n) is 2.47. The summed E-state index contributed by atoms with van der Waals surface area (Å²) in [5, 5.41) is 0. The summed E-state index contributed by atoms with van der Waals surface area (Å²) in [6.45, 7) is 0.973. The van der Waals surface area contributed by atoms with Gasteiger partial charge in [0.15, 0.2) is 0 Å². The van der Waals surface area contributed by atoms with E-state index in [0.717, 1.165) is 12.0 Å². The Kier molecular flexibility index (Phi) is 3.67. The SMILES string of the molecule is O=S(=O)(c1ccccc1Br)N1CCc2ccccc2C1. The fourth-order valence-corrected chi connectivity index (χ4v) is 4.85. The molecule has 0 amide bonds. The zero-order chi connectivity index (χ0) is 14.2. The molecule has 0 N–H and O–H groups in total. The Morgan fingerprint density at radius 3 is 2.35 bits per heavy atom. The topological polar surface area (TPSA) is 37.4 Å². The quantitative estimate of drug-likeness (QED) is 0.833. The number of benzene rings is 2. The van der Waals surface area contributed by atoms with E-state index in [4.69, 9.17) is 0 Å². The van der Waals surface area contributed by atoms with Crippen molar-refractivity contribution in [2.24, 2.45) is 0 Å². The predicted octanol–water partition coefficient (Wildman–Crippen LogP) is 3.20. The number of hydrogen-bond acceptors (Lipinski definition) is 2. The zero-order valence-corrected chi connectivity index (χ0v) is 13.2. The number of hydrogen-bond donors (Lipinski definition) is 0. The Hall–Kier alpha value is -1.17. The van der Waals surface area contributed by atoms with Gasteiger partial charge in [-0.2, -0.15) is 4.31 Å². The molecule has 5 heteroatoms. The van der Waals surface area contributed by atoms with E-state index in [9.17, 15) is 8.42 Å². The van der Waals surface area contributed by atoms with E-state index in [0.29, 0.717) is 22.5 Å². The summed E-state index contributed by atoms with van der Waals surface area (Å²) in [5.41, 5.74) is 2.33. The molecule has 2 aromatic rings. The molecule has 0 radical (unpaired) electrons. The van der Waals surface area contributed by atoms with Crippen LogP contribution in [0.2, 0.25) is 0 Å². The minimum absolute atomic E-state index is 0.333. The van der Waals surface area contributed by atoms with Crippen molar-refractivity contribution in [2.75, 3.05) is 6.54 Å². The Balaban J connectivity index is 1.97. The van der Waals surface area contributed by atoms with Crippen molar-refractivity contribution in [2.45, 2.75) is 17.9 Å². The lowest BCUT2D eigenvalue weighted by molar-refractivity contribution is 0.391. The molecule has 3 nitrogen and oxygen atoms in total. The molecular formula is C15H14BrNO2S. The van der Waals surface area contributed by atoms with Gasteiger partial charge in [0.25, 0.3) is 0 Å². The molecular weight excluding hydrogens is 338 g/mol. The Morgan fingerprint density at radius 2 is 1.60 bits per heavy atom. The van der Waals surface area contributed by atoms with E-state index in [2.05, 4.69) is 22.0 Å². The van der Waals surface area contributed by atoms with E-state index in [1.165, 1.54) is 5.56 Å². The number of nitrogens with zero attached hydrogens (tertiary/aromatic N) is 1. The second kappa shape index (κ2) is 5.31. The van der Waals surface area contributed by atoms with Crippen LogP contribution in [0, 0.1) is 0 Å². The van der Waals surface area contributed by atoms with Gasteiger partial charge in [0.1, 0.15) is 0 Å². The van der Waals surface area contributed by atoms with Crippen LogP contribution in [-0.2, 0) is 23.0 Å². The van der Waals surface area contributed by atoms with Gasteiger partial charge < -0.3 is 0 Å². The van der Waals surface area contributed by atoms with Crippen LogP contribution in [0.4, 0.5) is 0 Å². The number of halogens is 1. The minimum atomic E-state index is -3.45. The molecule has 0 fully saturated rings. The largest absolute Gasteiger partial charge is 0.244 e.